The lowest BCUT2D eigenvalue weighted by Gasteiger charge is -2.51. The second-order valence-electron chi connectivity index (χ2n) is 4.27. The van der Waals surface area contributed by atoms with Gasteiger partial charge < -0.3 is 15.2 Å². The van der Waals surface area contributed by atoms with Gasteiger partial charge in [0.15, 0.2) is 0 Å². The molecule has 0 unspecified atom stereocenters. The smallest absolute Gasteiger partial charge is 0.0917 e. The molecular formula is C9H17NO2. The highest BCUT2D eigenvalue weighted by atomic mass is 16.5. The normalized spacial score (nSPS) is 46.5. The SMILES string of the molecule is COCC12CCC(N)(CC1)CO2. The highest BCUT2D eigenvalue weighted by Gasteiger charge is 2.47. The molecule has 70 valence electrons. The molecule has 2 heterocycles. The molecule has 1 aliphatic carbocycles. The first kappa shape index (κ1) is 8.48. The first-order chi connectivity index (χ1) is 5.68. The lowest BCUT2D eigenvalue weighted by atomic mass is 9.72. The third-order valence-corrected chi connectivity index (χ3v) is 3.23. The maximum absolute atomic E-state index is 6.09. The monoisotopic (exact) mass is 171 g/mol. The Hall–Kier alpha value is -0.120. The van der Waals surface area contributed by atoms with Gasteiger partial charge >= 0.3 is 0 Å². The van der Waals surface area contributed by atoms with Gasteiger partial charge in [0.25, 0.3) is 0 Å². The van der Waals surface area contributed by atoms with Gasteiger partial charge in [-0.15, -0.1) is 0 Å². The Labute approximate surface area is 73.2 Å². The summed E-state index contributed by atoms with van der Waals surface area (Å²) in [5.74, 6) is 0. The quantitative estimate of drug-likeness (QED) is 0.664. The van der Waals surface area contributed by atoms with E-state index in [-0.39, 0.29) is 11.1 Å². The van der Waals surface area contributed by atoms with E-state index in [9.17, 15) is 0 Å². The van der Waals surface area contributed by atoms with Crippen LogP contribution in [0.4, 0.5) is 0 Å². The van der Waals surface area contributed by atoms with Gasteiger partial charge in [0.1, 0.15) is 0 Å². The number of rotatable bonds is 2. The number of fused-ring (bicyclic) bond motifs is 3. The van der Waals surface area contributed by atoms with Crippen molar-refractivity contribution < 1.29 is 9.47 Å². The van der Waals surface area contributed by atoms with Crippen LogP contribution < -0.4 is 5.73 Å². The lowest BCUT2D eigenvalue weighted by Crippen LogP contribution is -2.61. The lowest BCUT2D eigenvalue weighted by molar-refractivity contribution is -0.176. The van der Waals surface area contributed by atoms with E-state index in [1.54, 1.807) is 7.11 Å². The second-order valence-corrected chi connectivity index (χ2v) is 4.27. The van der Waals surface area contributed by atoms with Gasteiger partial charge in [-0.2, -0.15) is 0 Å². The minimum atomic E-state index is -0.0184. The first-order valence-electron chi connectivity index (χ1n) is 4.60. The number of methoxy groups -OCH3 is 1. The molecule has 3 nitrogen and oxygen atoms in total. The van der Waals surface area contributed by atoms with Gasteiger partial charge in [0.05, 0.1) is 18.8 Å². The van der Waals surface area contributed by atoms with Gasteiger partial charge in [-0.05, 0) is 25.7 Å². The number of hydrogen-bond donors (Lipinski definition) is 1. The highest BCUT2D eigenvalue weighted by Crippen LogP contribution is 2.42. The molecule has 2 N–H and O–H groups in total. The van der Waals surface area contributed by atoms with Crippen molar-refractivity contribution in [2.45, 2.75) is 36.8 Å². The van der Waals surface area contributed by atoms with Crippen LogP contribution in [0, 0.1) is 0 Å². The highest BCUT2D eigenvalue weighted by molar-refractivity contribution is 5.02. The minimum Gasteiger partial charge on any atom is -0.382 e. The Morgan fingerprint density at radius 1 is 1.33 bits per heavy atom. The number of ether oxygens (including phenoxy) is 2. The topological polar surface area (TPSA) is 44.5 Å². The minimum absolute atomic E-state index is 0.00979. The van der Waals surface area contributed by atoms with Crippen LogP contribution in [0.25, 0.3) is 0 Å². The Balaban J connectivity index is 2.04. The molecule has 1 saturated carbocycles. The Bertz CT molecular complexity index is 157. The van der Waals surface area contributed by atoms with Crippen molar-refractivity contribution in [2.75, 3.05) is 20.3 Å². The van der Waals surface area contributed by atoms with E-state index in [1.807, 2.05) is 0 Å². The van der Waals surface area contributed by atoms with E-state index in [4.69, 9.17) is 15.2 Å². The van der Waals surface area contributed by atoms with Crippen molar-refractivity contribution in [1.29, 1.82) is 0 Å². The predicted octanol–water partition coefficient (Wildman–Crippen LogP) is 0.673. The molecule has 0 spiro atoms. The van der Waals surface area contributed by atoms with Crippen molar-refractivity contribution in [3.05, 3.63) is 0 Å². The van der Waals surface area contributed by atoms with E-state index in [0.717, 1.165) is 38.9 Å². The molecule has 3 aliphatic rings. The van der Waals surface area contributed by atoms with E-state index >= 15 is 0 Å². The molecule has 0 aromatic rings. The fraction of sp³-hybridized carbons (Fsp3) is 1.00. The molecule has 2 aliphatic heterocycles. The third kappa shape index (κ3) is 1.26. The van der Waals surface area contributed by atoms with Crippen molar-refractivity contribution in [1.82, 2.24) is 0 Å². The Morgan fingerprint density at radius 3 is 2.42 bits per heavy atom. The molecule has 12 heavy (non-hydrogen) atoms. The first-order valence-corrected chi connectivity index (χ1v) is 4.60. The van der Waals surface area contributed by atoms with Gasteiger partial charge in [-0.3, -0.25) is 0 Å². The summed E-state index contributed by atoms with van der Waals surface area (Å²) in [6.07, 6.45) is 4.32. The fourth-order valence-electron chi connectivity index (χ4n) is 2.24. The molecule has 3 fully saturated rings. The van der Waals surface area contributed by atoms with Crippen LogP contribution in [-0.2, 0) is 9.47 Å². The van der Waals surface area contributed by atoms with E-state index in [2.05, 4.69) is 0 Å². The fourth-order valence-corrected chi connectivity index (χ4v) is 2.24. The largest absolute Gasteiger partial charge is 0.382 e. The summed E-state index contributed by atoms with van der Waals surface area (Å²) in [6, 6.07) is 0. The maximum atomic E-state index is 6.09. The zero-order valence-electron chi connectivity index (χ0n) is 7.64. The van der Waals surface area contributed by atoms with E-state index in [0.29, 0.717) is 0 Å². The number of hydrogen-bond acceptors (Lipinski definition) is 3. The van der Waals surface area contributed by atoms with Crippen molar-refractivity contribution in [3.63, 3.8) is 0 Å². The summed E-state index contributed by atoms with van der Waals surface area (Å²) >= 11 is 0. The molecule has 0 aromatic heterocycles. The Morgan fingerprint density at radius 2 is 2.00 bits per heavy atom. The standard InChI is InChI=1S/C9H17NO2/c1-11-7-9-4-2-8(10,3-5-9)6-12-9/h2-7,10H2,1H3. The maximum Gasteiger partial charge on any atom is 0.0917 e. The number of nitrogens with two attached hydrogens (primary N) is 1. The summed E-state index contributed by atoms with van der Waals surface area (Å²) < 4.78 is 10.9. The van der Waals surface area contributed by atoms with E-state index in [1.165, 1.54) is 0 Å². The van der Waals surface area contributed by atoms with Crippen LogP contribution in [0.2, 0.25) is 0 Å². The second kappa shape index (κ2) is 2.69. The van der Waals surface area contributed by atoms with Crippen LogP contribution >= 0.6 is 0 Å². The molecule has 0 radical (unpaired) electrons. The molecule has 0 amide bonds. The van der Waals surface area contributed by atoms with Gasteiger partial charge in [-0.1, -0.05) is 0 Å². The van der Waals surface area contributed by atoms with Gasteiger partial charge in [-0.25, -0.2) is 0 Å². The summed E-state index contributed by atoms with van der Waals surface area (Å²) in [5.41, 5.74) is 6.08. The van der Waals surface area contributed by atoms with Crippen LogP contribution in [0.1, 0.15) is 25.7 Å². The zero-order valence-corrected chi connectivity index (χ0v) is 7.64. The van der Waals surface area contributed by atoms with E-state index < -0.39 is 0 Å². The van der Waals surface area contributed by atoms with Crippen LogP contribution in [-0.4, -0.2) is 31.5 Å². The molecule has 2 bridgehead atoms. The third-order valence-electron chi connectivity index (χ3n) is 3.23. The average Bonchev–Trinajstić information content (AvgIpc) is 2.08. The summed E-state index contributed by atoms with van der Waals surface area (Å²) in [6.45, 7) is 1.44. The predicted molar refractivity (Wildman–Crippen MR) is 45.9 cm³/mol. The molecule has 0 aromatic carbocycles. The Kier molecular flexibility index (Phi) is 1.90. The van der Waals surface area contributed by atoms with Gasteiger partial charge in [0.2, 0.25) is 0 Å². The average molecular weight is 171 g/mol. The summed E-state index contributed by atoms with van der Waals surface area (Å²) in [5, 5.41) is 0. The van der Waals surface area contributed by atoms with Crippen LogP contribution in [0.15, 0.2) is 0 Å². The van der Waals surface area contributed by atoms with Crippen molar-refractivity contribution in [3.8, 4) is 0 Å². The summed E-state index contributed by atoms with van der Waals surface area (Å²) in [4.78, 5) is 0. The van der Waals surface area contributed by atoms with Crippen molar-refractivity contribution >= 4 is 0 Å². The van der Waals surface area contributed by atoms with Crippen LogP contribution in [0.3, 0.4) is 0 Å². The molecule has 3 heteroatoms. The van der Waals surface area contributed by atoms with Gasteiger partial charge in [0, 0.05) is 12.6 Å². The molecule has 0 atom stereocenters. The zero-order chi connectivity index (χ0) is 8.66. The summed E-state index contributed by atoms with van der Waals surface area (Å²) in [7, 11) is 1.73. The van der Waals surface area contributed by atoms with Crippen molar-refractivity contribution in [2.24, 2.45) is 5.73 Å². The molecular weight excluding hydrogens is 154 g/mol. The molecule has 2 saturated heterocycles. The molecule has 3 rings (SSSR count). The van der Waals surface area contributed by atoms with Crippen LogP contribution in [0.5, 0.6) is 0 Å².